The molecule has 1 aliphatic heterocycles. The van der Waals surface area contributed by atoms with Crippen molar-refractivity contribution in [2.45, 2.75) is 70.1 Å². The summed E-state index contributed by atoms with van der Waals surface area (Å²) in [7, 11) is -1.33. The minimum Gasteiger partial charge on any atom is -0.415 e. The molecule has 0 N–H and O–H groups in total. The summed E-state index contributed by atoms with van der Waals surface area (Å²) < 4.78 is 11.7. The van der Waals surface area contributed by atoms with Crippen LogP contribution in [0.3, 0.4) is 0 Å². The summed E-state index contributed by atoms with van der Waals surface area (Å²) in [5, 5.41) is 0. The lowest BCUT2D eigenvalue weighted by Gasteiger charge is -2.27. The van der Waals surface area contributed by atoms with Crippen LogP contribution in [0.1, 0.15) is 32.1 Å². The molecular weight excluding hydrogens is 192 g/mol. The second kappa shape index (κ2) is 3.95. The summed E-state index contributed by atoms with van der Waals surface area (Å²) >= 11 is 0. The Morgan fingerprint density at radius 3 is 2.43 bits per heavy atom. The number of rotatable bonds is 2. The van der Waals surface area contributed by atoms with Gasteiger partial charge in [0.2, 0.25) is 0 Å². The highest BCUT2D eigenvalue weighted by Crippen LogP contribution is 2.35. The Morgan fingerprint density at radius 1 is 1.00 bits per heavy atom. The van der Waals surface area contributed by atoms with Crippen molar-refractivity contribution in [3.63, 3.8) is 0 Å². The maximum Gasteiger partial charge on any atom is 0.184 e. The molecule has 0 amide bonds. The summed E-state index contributed by atoms with van der Waals surface area (Å²) in [5.74, 6) is 0. The van der Waals surface area contributed by atoms with Crippen molar-refractivity contribution in [1.82, 2.24) is 0 Å². The summed E-state index contributed by atoms with van der Waals surface area (Å²) in [6, 6.07) is 0. The Bertz CT molecular complexity index is 200. The van der Waals surface area contributed by atoms with E-state index in [2.05, 4.69) is 19.6 Å². The zero-order chi connectivity index (χ0) is 10.2. The first-order valence-corrected chi connectivity index (χ1v) is 9.29. The third-order valence-corrected chi connectivity index (χ3v) is 4.04. The van der Waals surface area contributed by atoms with Gasteiger partial charge in [0.15, 0.2) is 8.32 Å². The van der Waals surface area contributed by atoms with E-state index in [9.17, 15) is 0 Å². The fraction of sp³-hybridized carbons (Fsp3) is 1.00. The van der Waals surface area contributed by atoms with E-state index >= 15 is 0 Å². The van der Waals surface area contributed by atoms with Crippen LogP contribution in [0.15, 0.2) is 0 Å². The first-order valence-electron chi connectivity index (χ1n) is 5.88. The van der Waals surface area contributed by atoms with Gasteiger partial charge in [-0.1, -0.05) is 0 Å². The second-order valence-corrected chi connectivity index (χ2v) is 10.0. The van der Waals surface area contributed by atoms with Gasteiger partial charge in [0, 0.05) is 6.10 Å². The number of hydrogen-bond donors (Lipinski definition) is 0. The van der Waals surface area contributed by atoms with Crippen LogP contribution in [0.25, 0.3) is 0 Å². The zero-order valence-electron chi connectivity index (χ0n) is 9.58. The summed E-state index contributed by atoms with van der Waals surface area (Å²) in [4.78, 5) is 0. The van der Waals surface area contributed by atoms with Crippen LogP contribution in [0.4, 0.5) is 0 Å². The minimum absolute atomic E-state index is 0.520. The maximum absolute atomic E-state index is 6.16. The molecule has 2 nitrogen and oxygen atoms in total. The molecule has 14 heavy (non-hydrogen) atoms. The topological polar surface area (TPSA) is 21.8 Å². The van der Waals surface area contributed by atoms with Crippen molar-refractivity contribution in [2.24, 2.45) is 0 Å². The summed E-state index contributed by atoms with van der Waals surface area (Å²) in [6.07, 6.45) is 7.95. The highest BCUT2D eigenvalue weighted by molar-refractivity contribution is 6.69. The fourth-order valence-electron chi connectivity index (χ4n) is 2.35. The lowest BCUT2D eigenvalue weighted by atomic mass is 9.99. The first kappa shape index (κ1) is 10.6. The van der Waals surface area contributed by atoms with Crippen LogP contribution < -0.4 is 0 Å². The average Bonchev–Trinajstić information content (AvgIpc) is 2.71. The number of epoxide rings is 1. The lowest BCUT2D eigenvalue weighted by molar-refractivity contribution is 0.162. The molecule has 3 unspecified atom stereocenters. The third kappa shape index (κ3) is 3.07. The van der Waals surface area contributed by atoms with Crippen LogP contribution in [-0.4, -0.2) is 26.6 Å². The number of fused-ring (bicyclic) bond motifs is 1. The minimum atomic E-state index is -1.33. The van der Waals surface area contributed by atoms with Gasteiger partial charge in [0.25, 0.3) is 0 Å². The Labute approximate surface area is 88.1 Å². The van der Waals surface area contributed by atoms with Gasteiger partial charge >= 0.3 is 0 Å². The van der Waals surface area contributed by atoms with Gasteiger partial charge in [-0.2, -0.15) is 0 Å². The number of hydrogen-bond acceptors (Lipinski definition) is 2. The lowest BCUT2D eigenvalue weighted by Crippen LogP contribution is -2.32. The van der Waals surface area contributed by atoms with E-state index in [1.165, 1.54) is 32.1 Å². The van der Waals surface area contributed by atoms with Gasteiger partial charge in [-0.25, -0.2) is 0 Å². The molecule has 0 bridgehead atoms. The van der Waals surface area contributed by atoms with Crippen molar-refractivity contribution in [2.75, 3.05) is 0 Å². The molecular formula is C11H22O2Si. The molecule has 1 saturated carbocycles. The van der Waals surface area contributed by atoms with E-state index in [0.29, 0.717) is 18.3 Å². The Morgan fingerprint density at radius 2 is 1.71 bits per heavy atom. The van der Waals surface area contributed by atoms with Crippen molar-refractivity contribution >= 4 is 8.32 Å². The van der Waals surface area contributed by atoms with E-state index in [0.717, 1.165) is 0 Å². The molecule has 0 radical (unpaired) electrons. The molecule has 0 spiro atoms. The van der Waals surface area contributed by atoms with Crippen LogP contribution in [0, 0.1) is 0 Å². The number of ether oxygens (including phenoxy) is 1. The molecule has 2 rings (SSSR count). The molecule has 2 aliphatic rings. The Hall–Kier alpha value is 0.137. The molecule has 0 aromatic heterocycles. The largest absolute Gasteiger partial charge is 0.415 e. The molecule has 0 aromatic carbocycles. The standard InChI is InChI=1S/C11H22O2Si/c1-14(2,3)13-9-5-4-6-10-11(12-10)8-7-9/h9-11H,4-8H2,1-3H3. The molecule has 1 saturated heterocycles. The SMILES string of the molecule is C[Si](C)(C)OC1CCCC2OC2CC1. The molecule has 3 atom stereocenters. The highest BCUT2D eigenvalue weighted by atomic mass is 28.4. The van der Waals surface area contributed by atoms with Gasteiger partial charge in [0.05, 0.1) is 12.2 Å². The van der Waals surface area contributed by atoms with Crippen molar-refractivity contribution in [1.29, 1.82) is 0 Å². The fourth-order valence-corrected chi connectivity index (χ4v) is 3.58. The summed E-state index contributed by atoms with van der Waals surface area (Å²) in [5.41, 5.74) is 0. The van der Waals surface area contributed by atoms with Gasteiger partial charge in [-0.05, 0) is 51.7 Å². The van der Waals surface area contributed by atoms with Crippen molar-refractivity contribution in [3.8, 4) is 0 Å². The van der Waals surface area contributed by atoms with E-state index < -0.39 is 8.32 Å². The van der Waals surface area contributed by atoms with Gasteiger partial charge in [0.1, 0.15) is 0 Å². The molecule has 1 heterocycles. The second-order valence-electron chi connectivity index (χ2n) is 5.57. The average molecular weight is 214 g/mol. The molecule has 82 valence electrons. The Kier molecular flexibility index (Phi) is 3.00. The van der Waals surface area contributed by atoms with Gasteiger partial charge < -0.3 is 9.16 Å². The Balaban J connectivity index is 1.80. The molecule has 1 aliphatic carbocycles. The van der Waals surface area contributed by atoms with Crippen LogP contribution in [0.2, 0.25) is 19.6 Å². The van der Waals surface area contributed by atoms with E-state index in [4.69, 9.17) is 9.16 Å². The summed E-state index contributed by atoms with van der Waals surface area (Å²) in [6.45, 7) is 6.84. The predicted molar refractivity (Wildman–Crippen MR) is 60.0 cm³/mol. The predicted octanol–water partition coefficient (Wildman–Crippen LogP) is 2.94. The first-order chi connectivity index (χ1) is 6.54. The normalized spacial score (nSPS) is 38.4. The van der Waals surface area contributed by atoms with Gasteiger partial charge in [-0.15, -0.1) is 0 Å². The highest BCUT2D eigenvalue weighted by Gasteiger charge is 2.39. The smallest absolute Gasteiger partial charge is 0.184 e. The monoisotopic (exact) mass is 214 g/mol. The van der Waals surface area contributed by atoms with Crippen LogP contribution in [0.5, 0.6) is 0 Å². The van der Waals surface area contributed by atoms with Crippen LogP contribution >= 0.6 is 0 Å². The quantitative estimate of drug-likeness (QED) is 0.521. The van der Waals surface area contributed by atoms with Gasteiger partial charge in [-0.3, -0.25) is 0 Å². The zero-order valence-corrected chi connectivity index (χ0v) is 10.6. The van der Waals surface area contributed by atoms with Crippen molar-refractivity contribution in [3.05, 3.63) is 0 Å². The molecule has 2 fully saturated rings. The maximum atomic E-state index is 6.16. The molecule has 3 heteroatoms. The third-order valence-electron chi connectivity index (χ3n) is 3.00. The van der Waals surface area contributed by atoms with Crippen LogP contribution in [-0.2, 0) is 9.16 Å². The molecule has 0 aromatic rings. The van der Waals surface area contributed by atoms with E-state index in [-0.39, 0.29) is 0 Å². The van der Waals surface area contributed by atoms with E-state index in [1.54, 1.807) is 0 Å². The van der Waals surface area contributed by atoms with E-state index in [1.807, 2.05) is 0 Å². The van der Waals surface area contributed by atoms with Crippen molar-refractivity contribution < 1.29 is 9.16 Å².